The number of carbonyl (C=O) groups excluding carboxylic acids is 3. The lowest BCUT2D eigenvalue weighted by molar-refractivity contribution is -0.136. The molecule has 2 aromatic rings. The summed E-state index contributed by atoms with van der Waals surface area (Å²) in [5, 5.41) is 5.32. The van der Waals surface area contributed by atoms with Crippen molar-refractivity contribution >= 4 is 23.5 Å². The van der Waals surface area contributed by atoms with Crippen molar-refractivity contribution in [1.29, 1.82) is 0 Å². The summed E-state index contributed by atoms with van der Waals surface area (Å²) in [7, 11) is 5.00. The molecular weight excluding hydrogens is 424 g/mol. The largest absolute Gasteiger partial charge is 0.497 e. The van der Waals surface area contributed by atoms with Gasteiger partial charge in [-0.3, -0.25) is 14.5 Å². The minimum absolute atomic E-state index is 0.0688. The lowest BCUT2D eigenvalue weighted by atomic mass is 10.0. The molecule has 1 aliphatic rings. The summed E-state index contributed by atoms with van der Waals surface area (Å²) >= 11 is 0. The zero-order valence-electron chi connectivity index (χ0n) is 19.2. The van der Waals surface area contributed by atoms with Crippen molar-refractivity contribution in [2.45, 2.75) is 6.04 Å². The zero-order valence-corrected chi connectivity index (χ0v) is 19.2. The fourth-order valence-corrected chi connectivity index (χ4v) is 3.68. The molecular formula is C24H30N4O5. The number of ether oxygens (including phenoxy) is 2. The van der Waals surface area contributed by atoms with Crippen molar-refractivity contribution in [2.75, 3.05) is 59.3 Å². The molecule has 1 fully saturated rings. The van der Waals surface area contributed by atoms with Crippen molar-refractivity contribution < 1.29 is 23.9 Å². The van der Waals surface area contributed by atoms with Gasteiger partial charge in [-0.1, -0.05) is 12.1 Å². The molecule has 176 valence electrons. The SMILES string of the molecule is COC(=O)c1ccc(NC(=O)C(=O)NCC(c2ccc(OC)cc2)N2CCN(C)CC2)cc1. The van der Waals surface area contributed by atoms with Crippen LogP contribution >= 0.6 is 0 Å². The molecule has 1 unspecified atom stereocenters. The maximum absolute atomic E-state index is 12.5. The van der Waals surface area contributed by atoms with Gasteiger partial charge in [0.25, 0.3) is 0 Å². The van der Waals surface area contributed by atoms with Gasteiger partial charge in [0.15, 0.2) is 0 Å². The smallest absolute Gasteiger partial charge is 0.337 e. The maximum atomic E-state index is 12.5. The van der Waals surface area contributed by atoms with Gasteiger partial charge in [0.05, 0.1) is 25.8 Å². The molecule has 9 nitrogen and oxygen atoms in total. The predicted molar refractivity (Wildman–Crippen MR) is 124 cm³/mol. The quantitative estimate of drug-likeness (QED) is 0.483. The number of nitrogens with zero attached hydrogens (tertiary/aromatic N) is 2. The number of anilines is 1. The topological polar surface area (TPSA) is 100 Å². The van der Waals surface area contributed by atoms with Crippen molar-refractivity contribution in [1.82, 2.24) is 15.1 Å². The lowest BCUT2D eigenvalue weighted by Gasteiger charge is -2.38. The number of hydrogen-bond acceptors (Lipinski definition) is 7. The van der Waals surface area contributed by atoms with E-state index in [9.17, 15) is 14.4 Å². The number of likely N-dealkylation sites (N-methyl/N-ethyl adjacent to an activating group) is 1. The molecule has 1 aliphatic heterocycles. The third-order valence-corrected chi connectivity index (χ3v) is 5.71. The van der Waals surface area contributed by atoms with Crippen LogP contribution in [0.2, 0.25) is 0 Å². The molecule has 0 saturated carbocycles. The Morgan fingerprint density at radius 3 is 2.12 bits per heavy atom. The summed E-state index contributed by atoms with van der Waals surface area (Å²) in [6.45, 7) is 3.89. The summed E-state index contributed by atoms with van der Waals surface area (Å²) in [5.41, 5.74) is 1.81. The molecule has 0 aromatic heterocycles. The highest BCUT2D eigenvalue weighted by Gasteiger charge is 2.25. The summed E-state index contributed by atoms with van der Waals surface area (Å²) in [6, 6.07) is 13.8. The van der Waals surface area contributed by atoms with E-state index >= 15 is 0 Å². The Labute approximate surface area is 193 Å². The van der Waals surface area contributed by atoms with E-state index in [0.717, 1.165) is 37.5 Å². The van der Waals surface area contributed by atoms with Gasteiger partial charge in [-0.2, -0.15) is 0 Å². The summed E-state index contributed by atoms with van der Waals surface area (Å²) in [5.74, 6) is -1.20. The average Bonchev–Trinajstić information content (AvgIpc) is 2.85. The second-order valence-corrected chi connectivity index (χ2v) is 7.86. The monoisotopic (exact) mass is 454 g/mol. The Kier molecular flexibility index (Phi) is 8.39. The first-order chi connectivity index (χ1) is 15.9. The first-order valence-electron chi connectivity index (χ1n) is 10.8. The molecule has 1 atom stereocenters. The van der Waals surface area contributed by atoms with Gasteiger partial charge in [0.1, 0.15) is 5.75 Å². The van der Waals surface area contributed by atoms with E-state index in [1.54, 1.807) is 19.2 Å². The molecule has 1 saturated heterocycles. The zero-order chi connectivity index (χ0) is 23.8. The highest BCUT2D eigenvalue weighted by atomic mass is 16.5. The second-order valence-electron chi connectivity index (χ2n) is 7.86. The number of rotatable bonds is 7. The second kappa shape index (κ2) is 11.4. The number of hydrogen-bond donors (Lipinski definition) is 2. The van der Waals surface area contributed by atoms with Crippen LogP contribution in [0.4, 0.5) is 5.69 Å². The van der Waals surface area contributed by atoms with Crippen molar-refractivity contribution in [2.24, 2.45) is 0 Å². The Morgan fingerprint density at radius 2 is 1.55 bits per heavy atom. The van der Waals surface area contributed by atoms with Crippen LogP contribution in [0.1, 0.15) is 22.0 Å². The number of nitrogens with one attached hydrogen (secondary N) is 2. The highest BCUT2D eigenvalue weighted by Crippen LogP contribution is 2.24. The first kappa shape index (κ1) is 24.2. The van der Waals surface area contributed by atoms with Crippen LogP contribution < -0.4 is 15.4 Å². The molecule has 2 aromatic carbocycles. The molecule has 3 rings (SSSR count). The van der Waals surface area contributed by atoms with Crippen LogP contribution in [-0.2, 0) is 14.3 Å². The number of benzene rings is 2. The molecule has 0 spiro atoms. The van der Waals surface area contributed by atoms with Crippen molar-refractivity contribution in [3.8, 4) is 5.75 Å². The fourth-order valence-electron chi connectivity index (χ4n) is 3.68. The molecule has 0 bridgehead atoms. The minimum atomic E-state index is -0.771. The molecule has 2 N–H and O–H groups in total. The number of piperazine rings is 1. The summed E-state index contributed by atoms with van der Waals surface area (Å²) < 4.78 is 9.90. The minimum Gasteiger partial charge on any atom is -0.497 e. The van der Waals surface area contributed by atoms with Gasteiger partial charge < -0.3 is 25.0 Å². The van der Waals surface area contributed by atoms with Crippen molar-refractivity contribution in [3.63, 3.8) is 0 Å². The Bertz CT molecular complexity index is 954. The lowest BCUT2D eigenvalue weighted by Crippen LogP contribution is -2.49. The standard InChI is InChI=1S/C24H30N4O5/c1-27-12-14-28(15-13-27)21(17-6-10-20(32-2)11-7-17)16-25-22(29)23(30)26-19-8-4-18(5-9-19)24(31)33-3/h4-11,21H,12-16H2,1-3H3,(H,25,29)(H,26,30). The number of amides is 2. The molecule has 1 heterocycles. The van der Waals surface area contributed by atoms with E-state index in [2.05, 4.69) is 32.2 Å². The van der Waals surface area contributed by atoms with E-state index in [1.165, 1.54) is 19.2 Å². The molecule has 33 heavy (non-hydrogen) atoms. The summed E-state index contributed by atoms with van der Waals surface area (Å²) in [4.78, 5) is 41.0. The first-order valence-corrected chi connectivity index (χ1v) is 10.8. The van der Waals surface area contributed by atoms with Crippen LogP contribution in [0.5, 0.6) is 5.75 Å². The van der Waals surface area contributed by atoms with Gasteiger partial charge in [-0.25, -0.2) is 4.79 Å². The van der Waals surface area contributed by atoms with E-state index in [4.69, 9.17) is 4.74 Å². The summed E-state index contributed by atoms with van der Waals surface area (Å²) in [6.07, 6.45) is 0. The third kappa shape index (κ3) is 6.53. The molecule has 2 amide bonds. The molecule has 9 heteroatoms. The van der Waals surface area contributed by atoms with Crippen LogP contribution in [-0.4, -0.2) is 81.6 Å². The number of methoxy groups -OCH3 is 2. The maximum Gasteiger partial charge on any atom is 0.337 e. The van der Waals surface area contributed by atoms with Crippen LogP contribution in [0, 0.1) is 0 Å². The van der Waals surface area contributed by atoms with Crippen LogP contribution in [0.25, 0.3) is 0 Å². The number of esters is 1. The van der Waals surface area contributed by atoms with Gasteiger partial charge in [-0.05, 0) is 49.0 Å². The van der Waals surface area contributed by atoms with E-state index < -0.39 is 17.8 Å². The van der Waals surface area contributed by atoms with Crippen LogP contribution in [0.15, 0.2) is 48.5 Å². The molecule has 0 radical (unpaired) electrons. The molecule has 0 aliphatic carbocycles. The number of carbonyl (C=O) groups is 3. The van der Waals surface area contributed by atoms with E-state index in [1.807, 2.05) is 24.3 Å². The predicted octanol–water partition coefficient (Wildman–Crippen LogP) is 1.53. The van der Waals surface area contributed by atoms with Gasteiger partial charge in [-0.15, -0.1) is 0 Å². The third-order valence-electron chi connectivity index (χ3n) is 5.71. The Balaban J connectivity index is 1.63. The average molecular weight is 455 g/mol. The Morgan fingerprint density at radius 1 is 0.909 bits per heavy atom. The van der Waals surface area contributed by atoms with Crippen LogP contribution in [0.3, 0.4) is 0 Å². The fraction of sp³-hybridized carbons (Fsp3) is 0.375. The van der Waals surface area contributed by atoms with E-state index in [-0.39, 0.29) is 6.04 Å². The van der Waals surface area contributed by atoms with Gasteiger partial charge in [0.2, 0.25) is 0 Å². The van der Waals surface area contributed by atoms with Gasteiger partial charge in [0, 0.05) is 38.4 Å². The normalized spacial score (nSPS) is 15.4. The van der Waals surface area contributed by atoms with Gasteiger partial charge >= 0.3 is 17.8 Å². The highest BCUT2D eigenvalue weighted by molar-refractivity contribution is 6.39. The van der Waals surface area contributed by atoms with E-state index in [0.29, 0.717) is 17.8 Å². The Hall–Kier alpha value is -3.43. The van der Waals surface area contributed by atoms with Crippen molar-refractivity contribution in [3.05, 3.63) is 59.7 Å².